The molecule has 1 aliphatic rings. The molecule has 18 heavy (non-hydrogen) atoms. The highest BCUT2D eigenvalue weighted by Crippen LogP contribution is 2.47. The number of rotatable bonds is 5. The van der Waals surface area contributed by atoms with Gasteiger partial charge in [-0.15, -0.1) is 0 Å². The van der Waals surface area contributed by atoms with Crippen LogP contribution in [0.15, 0.2) is 18.2 Å². The second-order valence-electron chi connectivity index (χ2n) is 4.78. The average Bonchev–Trinajstić information content (AvgIpc) is 3.10. The molecular weight excluding hydrogens is 257 g/mol. The third kappa shape index (κ3) is 3.00. The lowest BCUT2D eigenvalue weighted by atomic mass is 10.0. The van der Waals surface area contributed by atoms with Crippen molar-refractivity contribution >= 4 is 17.5 Å². The molecule has 1 fully saturated rings. The van der Waals surface area contributed by atoms with E-state index < -0.39 is 11.7 Å². The molecule has 0 unspecified atom stereocenters. The Morgan fingerprint density at radius 2 is 2.22 bits per heavy atom. The van der Waals surface area contributed by atoms with Crippen LogP contribution in [0.3, 0.4) is 0 Å². The van der Waals surface area contributed by atoms with Gasteiger partial charge in [0, 0.05) is 18.2 Å². The zero-order chi connectivity index (χ0) is 13.2. The molecule has 2 rings (SSSR count). The van der Waals surface area contributed by atoms with Gasteiger partial charge in [-0.25, -0.2) is 4.39 Å². The number of amides is 1. The molecule has 3 nitrogen and oxygen atoms in total. The molecule has 0 atom stereocenters. The maximum Gasteiger partial charge on any atom is 0.254 e. The van der Waals surface area contributed by atoms with Crippen molar-refractivity contribution in [3.8, 4) is 0 Å². The van der Waals surface area contributed by atoms with Crippen LogP contribution in [0.5, 0.6) is 0 Å². The Balaban J connectivity index is 1.98. The van der Waals surface area contributed by atoms with Crippen molar-refractivity contribution in [2.75, 3.05) is 13.2 Å². The molecule has 1 aromatic carbocycles. The van der Waals surface area contributed by atoms with Gasteiger partial charge in [-0.05, 0) is 42.9 Å². The lowest BCUT2D eigenvalue weighted by molar-refractivity contribution is 0.0937. The minimum Gasteiger partial charge on any atom is -0.396 e. The number of hydrogen-bond donors (Lipinski definition) is 2. The lowest BCUT2D eigenvalue weighted by Crippen LogP contribution is -2.31. The van der Waals surface area contributed by atoms with Gasteiger partial charge < -0.3 is 10.4 Å². The molecule has 1 aliphatic carbocycles. The number of benzene rings is 1. The predicted octanol–water partition coefficient (Wildman–Crippen LogP) is 2.37. The molecular formula is C13H15ClFNO2. The van der Waals surface area contributed by atoms with Crippen LogP contribution < -0.4 is 5.32 Å². The highest BCUT2D eigenvalue weighted by molar-refractivity contribution is 6.30. The molecule has 0 heterocycles. The number of halogens is 2. The molecule has 0 aliphatic heterocycles. The fraction of sp³-hybridized carbons (Fsp3) is 0.462. The summed E-state index contributed by atoms with van der Waals surface area (Å²) < 4.78 is 13.4. The SMILES string of the molecule is O=C(NCC1(CCO)CC1)c1cc(Cl)ccc1F. The van der Waals surface area contributed by atoms with Crippen LogP contribution in [-0.4, -0.2) is 24.2 Å². The minimum absolute atomic E-state index is 0.0134. The summed E-state index contributed by atoms with van der Waals surface area (Å²) in [5.41, 5.74) is -0.0262. The highest BCUT2D eigenvalue weighted by atomic mass is 35.5. The number of nitrogens with one attached hydrogen (secondary N) is 1. The molecule has 2 N–H and O–H groups in total. The zero-order valence-electron chi connectivity index (χ0n) is 9.88. The van der Waals surface area contributed by atoms with Crippen LogP contribution in [0.1, 0.15) is 29.6 Å². The maximum atomic E-state index is 13.4. The third-order valence-corrected chi connectivity index (χ3v) is 3.63. The first-order valence-corrected chi connectivity index (χ1v) is 6.28. The van der Waals surface area contributed by atoms with Crippen LogP contribution in [0.25, 0.3) is 0 Å². The number of carbonyl (C=O) groups excluding carboxylic acids is 1. The van der Waals surface area contributed by atoms with Gasteiger partial charge in [0.15, 0.2) is 0 Å². The molecule has 0 bridgehead atoms. The Kier molecular flexibility index (Phi) is 3.88. The monoisotopic (exact) mass is 271 g/mol. The van der Waals surface area contributed by atoms with Crippen LogP contribution in [0.2, 0.25) is 5.02 Å². The zero-order valence-corrected chi connectivity index (χ0v) is 10.6. The second kappa shape index (κ2) is 5.24. The van der Waals surface area contributed by atoms with Crippen molar-refractivity contribution in [1.29, 1.82) is 0 Å². The van der Waals surface area contributed by atoms with Gasteiger partial charge in [0.25, 0.3) is 5.91 Å². The molecule has 0 aromatic heterocycles. The summed E-state index contributed by atoms with van der Waals surface area (Å²) in [4.78, 5) is 11.8. The lowest BCUT2D eigenvalue weighted by Gasteiger charge is -2.14. The minimum atomic E-state index is -0.580. The number of carbonyl (C=O) groups is 1. The van der Waals surface area contributed by atoms with E-state index in [1.54, 1.807) is 0 Å². The Morgan fingerprint density at radius 1 is 1.50 bits per heavy atom. The summed E-state index contributed by atoms with van der Waals surface area (Å²) in [5, 5.41) is 12.0. The summed E-state index contributed by atoms with van der Waals surface area (Å²) in [6.45, 7) is 0.583. The van der Waals surface area contributed by atoms with Crippen molar-refractivity contribution < 1.29 is 14.3 Å². The number of hydrogen-bond acceptors (Lipinski definition) is 2. The van der Waals surface area contributed by atoms with Crippen molar-refractivity contribution in [3.05, 3.63) is 34.6 Å². The number of aliphatic hydroxyl groups is 1. The van der Waals surface area contributed by atoms with Gasteiger partial charge in [0.05, 0.1) is 5.56 Å². The summed E-state index contributed by atoms with van der Waals surface area (Å²) in [6.07, 6.45) is 2.66. The van der Waals surface area contributed by atoms with Crippen molar-refractivity contribution in [2.45, 2.75) is 19.3 Å². The van der Waals surface area contributed by atoms with Gasteiger partial charge in [-0.3, -0.25) is 4.79 Å². The average molecular weight is 272 g/mol. The highest BCUT2D eigenvalue weighted by Gasteiger charge is 2.41. The second-order valence-corrected chi connectivity index (χ2v) is 5.22. The smallest absolute Gasteiger partial charge is 0.254 e. The van der Waals surface area contributed by atoms with Crippen LogP contribution >= 0.6 is 11.6 Å². The van der Waals surface area contributed by atoms with E-state index in [0.717, 1.165) is 12.8 Å². The molecule has 0 saturated heterocycles. The van der Waals surface area contributed by atoms with Gasteiger partial charge in [0.2, 0.25) is 0 Å². The van der Waals surface area contributed by atoms with E-state index in [4.69, 9.17) is 16.7 Å². The molecule has 0 radical (unpaired) electrons. The van der Waals surface area contributed by atoms with E-state index in [9.17, 15) is 9.18 Å². The molecule has 98 valence electrons. The quantitative estimate of drug-likeness (QED) is 0.864. The van der Waals surface area contributed by atoms with E-state index in [1.165, 1.54) is 18.2 Å². The molecule has 1 aromatic rings. The summed E-state index contributed by atoms with van der Waals surface area (Å²) in [6, 6.07) is 3.90. The fourth-order valence-corrected chi connectivity index (χ4v) is 2.14. The predicted molar refractivity (Wildman–Crippen MR) is 67.1 cm³/mol. The molecule has 0 spiro atoms. The van der Waals surface area contributed by atoms with Gasteiger partial charge in [-0.1, -0.05) is 11.6 Å². The summed E-state index contributed by atoms with van der Waals surface area (Å²) in [5.74, 6) is -1.04. The molecule has 1 saturated carbocycles. The van der Waals surface area contributed by atoms with E-state index >= 15 is 0 Å². The molecule has 1 amide bonds. The van der Waals surface area contributed by atoms with Crippen LogP contribution in [0, 0.1) is 11.2 Å². The van der Waals surface area contributed by atoms with Crippen molar-refractivity contribution in [2.24, 2.45) is 5.41 Å². The Morgan fingerprint density at radius 3 is 2.83 bits per heavy atom. The Bertz CT molecular complexity index is 460. The Labute approximate surface area is 110 Å². The topological polar surface area (TPSA) is 49.3 Å². The van der Waals surface area contributed by atoms with E-state index in [-0.39, 0.29) is 17.6 Å². The van der Waals surface area contributed by atoms with Crippen molar-refractivity contribution in [3.63, 3.8) is 0 Å². The van der Waals surface area contributed by atoms with Crippen LogP contribution in [-0.2, 0) is 0 Å². The number of aliphatic hydroxyl groups excluding tert-OH is 1. The fourth-order valence-electron chi connectivity index (χ4n) is 1.96. The van der Waals surface area contributed by atoms with Gasteiger partial charge in [0.1, 0.15) is 5.82 Å². The van der Waals surface area contributed by atoms with E-state index in [1.807, 2.05) is 0 Å². The van der Waals surface area contributed by atoms with Crippen LogP contribution in [0.4, 0.5) is 4.39 Å². The summed E-state index contributed by atoms with van der Waals surface area (Å²) >= 11 is 5.73. The van der Waals surface area contributed by atoms with Gasteiger partial charge in [-0.2, -0.15) is 0 Å². The standard InChI is InChI=1S/C13H15ClFNO2/c14-9-1-2-11(15)10(7-9)12(18)16-8-13(3-4-13)5-6-17/h1-2,7,17H,3-6,8H2,(H,16,18). The first kappa shape index (κ1) is 13.3. The van der Waals surface area contributed by atoms with Crippen molar-refractivity contribution in [1.82, 2.24) is 5.32 Å². The normalized spacial score (nSPS) is 16.4. The first-order chi connectivity index (χ1) is 8.56. The molecule has 5 heteroatoms. The summed E-state index contributed by atoms with van der Waals surface area (Å²) in [7, 11) is 0. The largest absolute Gasteiger partial charge is 0.396 e. The van der Waals surface area contributed by atoms with Gasteiger partial charge >= 0.3 is 0 Å². The Hall–Kier alpha value is -1.13. The first-order valence-electron chi connectivity index (χ1n) is 5.90. The van der Waals surface area contributed by atoms with E-state index in [2.05, 4.69) is 5.32 Å². The maximum absolute atomic E-state index is 13.4. The third-order valence-electron chi connectivity index (χ3n) is 3.40. The van der Waals surface area contributed by atoms with E-state index in [0.29, 0.717) is 18.0 Å².